The van der Waals surface area contributed by atoms with Crippen molar-refractivity contribution >= 4 is 35.8 Å². The third-order valence-electron chi connectivity index (χ3n) is 7.62. The molecule has 9 nitrogen and oxygen atoms in total. The van der Waals surface area contributed by atoms with Crippen LogP contribution < -0.4 is 10.5 Å². The standard InChI is InChI=1S/C30H35F2N7O2Si/c1-19-36-23-6-5-22(11-26(23)39(19)18-40-9-10-42(2,3)4)41-27-8-7-24-29(28(27)33)37-25(15-34-24)21-14-35-38(17-21)16-20-12-30(31,32)13-20/h5-8,11,14-15,17,20H,9-10,12-13,16,18,33H2,1-4H3. The van der Waals surface area contributed by atoms with Gasteiger partial charge in [-0.2, -0.15) is 5.10 Å². The predicted octanol–water partition coefficient (Wildman–Crippen LogP) is 6.88. The Bertz CT molecular complexity index is 1750. The van der Waals surface area contributed by atoms with Gasteiger partial charge in [-0.15, -0.1) is 0 Å². The summed E-state index contributed by atoms with van der Waals surface area (Å²) in [4.78, 5) is 14.0. The zero-order valence-corrected chi connectivity index (χ0v) is 25.3. The first-order chi connectivity index (χ1) is 19.9. The van der Waals surface area contributed by atoms with Gasteiger partial charge >= 0.3 is 0 Å². The molecule has 1 aliphatic carbocycles. The van der Waals surface area contributed by atoms with Gasteiger partial charge in [-0.3, -0.25) is 9.67 Å². The third-order valence-corrected chi connectivity index (χ3v) is 9.32. The van der Waals surface area contributed by atoms with Gasteiger partial charge in [0.1, 0.15) is 29.5 Å². The molecule has 2 aromatic carbocycles. The van der Waals surface area contributed by atoms with Crippen LogP contribution in [0.1, 0.15) is 18.7 Å². The number of anilines is 1. The maximum Gasteiger partial charge on any atom is 0.248 e. The molecule has 42 heavy (non-hydrogen) atoms. The van der Waals surface area contributed by atoms with Crippen LogP contribution in [-0.2, 0) is 18.0 Å². The van der Waals surface area contributed by atoms with Gasteiger partial charge in [0.15, 0.2) is 5.75 Å². The minimum Gasteiger partial charge on any atom is -0.455 e. The Balaban J connectivity index is 1.21. The zero-order chi connectivity index (χ0) is 29.6. The SMILES string of the molecule is Cc1nc2ccc(Oc3ccc4ncc(-c5cnn(CC6CC(F)(F)C6)c5)nc4c3N)cc2n1COCC[Si](C)(C)C. The van der Waals surface area contributed by atoms with E-state index in [1.165, 1.54) is 0 Å². The molecule has 2 N–H and O–H groups in total. The number of alkyl halides is 2. The summed E-state index contributed by atoms with van der Waals surface area (Å²) in [6, 6.07) is 10.4. The number of fused-ring (bicyclic) bond motifs is 2. The summed E-state index contributed by atoms with van der Waals surface area (Å²) in [5, 5.41) is 4.34. The van der Waals surface area contributed by atoms with E-state index in [2.05, 4.69) is 34.7 Å². The number of nitrogen functional groups attached to an aromatic ring is 1. The van der Waals surface area contributed by atoms with Crippen molar-refractivity contribution in [2.45, 2.75) is 64.6 Å². The maximum atomic E-state index is 13.2. The summed E-state index contributed by atoms with van der Waals surface area (Å²) < 4.78 is 42.4. The fourth-order valence-electron chi connectivity index (χ4n) is 5.19. The van der Waals surface area contributed by atoms with Gasteiger partial charge in [0.25, 0.3) is 0 Å². The van der Waals surface area contributed by atoms with Gasteiger partial charge in [0.05, 0.1) is 34.6 Å². The highest BCUT2D eigenvalue weighted by Crippen LogP contribution is 2.43. The summed E-state index contributed by atoms with van der Waals surface area (Å²) in [7, 11) is -1.17. The van der Waals surface area contributed by atoms with Crippen LogP contribution in [0.2, 0.25) is 25.7 Å². The number of aryl methyl sites for hydroxylation is 1. The third kappa shape index (κ3) is 6.00. The number of nitrogens with two attached hydrogens (primary N) is 1. The van der Waals surface area contributed by atoms with Gasteiger partial charge in [-0.1, -0.05) is 19.6 Å². The van der Waals surface area contributed by atoms with E-state index in [0.717, 1.165) is 35.1 Å². The van der Waals surface area contributed by atoms with Crippen molar-refractivity contribution in [3.63, 3.8) is 0 Å². The largest absolute Gasteiger partial charge is 0.455 e. The van der Waals surface area contributed by atoms with Gasteiger partial charge in [-0.05, 0) is 43.2 Å². The number of hydrogen-bond acceptors (Lipinski definition) is 7. The van der Waals surface area contributed by atoms with Crippen LogP contribution in [-0.4, -0.2) is 49.9 Å². The number of hydrogen-bond donors (Lipinski definition) is 1. The molecule has 0 radical (unpaired) electrons. The molecule has 12 heteroatoms. The number of nitrogens with zero attached hydrogens (tertiary/aromatic N) is 6. The van der Waals surface area contributed by atoms with E-state index in [-0.39, 0.29) is 18.8 Å². The van der Waals surface area contributed by atoms with E-state index in [0.29, 0.717) is 47.2 Å². The van der Waals surface area contributed by atoms with Crippen LogP contribution in [0.3, 0.4) is 0 Å². The summed E-state index contributed by atoms with van der Waals surface area (Å²) in [6.07, 6.45) is 4.93. The molecule has 1 aliphatic rings. The summed E-state index contributed by atoms with van der Waals surface area (Å²) in [6.45, 7) is 10.6. The van der Waals surface area contributed by atoms with Crippen molar-refractivity contribution in [3.05, 3.63) is 54.7 Å². The van der Waals surface area contributed by atoms with E-state index in [1.54, 1.807) is 29.3 Å². The van der Waals surface area contributed by atoms with E-state index < -0.39 is 14.0 Å². The van der Waals surface area contributed by atoms with Crippen LogP contribution in [0.5, 0.6) is 11.5 Å². The van der Waals surface area contributed by atoms with E-state index in [9.17, 15) is 8.78 Å². The topological polar surface area (TPSA) is 106 Å². The Morgan fingerprint density at radius 3 is 2.62 bits per heavy atom. The molecule has 6 rings (SSSR count). The Labute approximate surface area is 243 Å². The van der Waals surface area contributed by atoms with E-state index >= 15 is 0 Å². The van der Waals surface area contributed by atoms with Crippen LogP contribution in [0.4, 0.5) is 14.5 Å². The quantitative estimate of drug-likeness (QED) is 0.107. The van der Waals surface area contributed by atoms with Crippen LogP contribution >= 0.6 is 0 Å². The lowest BCUT2D eigenvalue weighted by Crippen LogP contribution is -2.37. The molecule has 0 bridgehead atoms. The molecule has 0 atom stereocenters. The molecular formula is C30H35F2N7O2Si. The molecule has 0 unspecified atom stereocenters. The lowest BCUT2D eigenvalue weighted by Gasteiger charge is -2.34. The number of aromatic nitrogens is 6. The number of benzene rings is 2. The molecule has 0 aliphatic heterocycles. The lowest BCUT2D eigenvalue weighted by atomic mass is 9.81. The van der Waals surface area contributed by atoms with Crippen molar-refractivity contribution in [1.82, 2.24) is 29.3 Å². The molecule has 220 valence electrons. The zero-order valence-electron chi connectivity index (χ0n) is 24.3. The second-order valence-corrected chi connectivity index (χ2v) is 18.0. The Morgan fingerprint density at radius 2 is 1.86 bits per heavy atom. The lowest BCUT2D eigenvalue weighted by molar-refractivity contribution is -0.114. The molecular weight excluding hydrogens is 556 g/mol. The fraction of sp³-hybridized carbons (Fsp3) is 0.400. The molecule has 1 fully saturated rings. The Hall–Kier alpha value is -3.90. The molecule has 0 spiro atoms. The minimum absolute atomic E-state index is 0.0740. The number of imidazole rings is 1. The van der Waals surface area contributed by atoms with Crippen molar-refractivity contribution < 1.29 is 18.3 Å². The predicted molar refractivity (Wildman–Crippen MR) is 161 cm³/mol. The molecule has 5 aromatic rings. The van der Waals surface area contributed by atoms with Crippen LogP contribution in [0.15, 0.2) is 48.9 Å². The van der Waals surface area contributed by atoms with Crippen molar-refractivity contribution in [3.8, 4) is 22.8 Å². The van der Waals surface area contributed by atoms with Crippen molar-refractivity contribution in [1.29, 1.82) is 0 Å². The first-order valence-corrected chi connectivity index (χ1v) is 17.8. The van der Waals surface area contributed by atoms with Crippen LogP contribution in [0, 0.1) is 12.8 Å². The number of rotatable bonds is 10. The highest BCUT2D eigenvalue weighted by Gasteiger charge is 2.45. The monoisotopic (exact) mass is 591 g/mol. The summed E-state index contributed by atoms with van der Waals surface area (Å²) in [5.41, 5.74) is 11.2. The minimum atomic E-state index is -2.55. The van der Waals surface area contributed by atoms with Gasteiger partial charge in [0.2, 0.25) is 5.92 Å². The smallest absolute Gasteiger partial charge is 0.248 e. The first kappa shape index (κ1) is 28.2. The molecule has 3 heterocycles. The van der Waals surface area contributed by atoms with Gasteiger partial charge in [-0.25, -0.2) is 18.7 Å². The van der Waals surface area contributed by atoms with Gasteiger partial charge in [0, 0.05) is 51.9 Å². The first-order valence-electron chi connectivity index (χ1n) is 14.1. The summed E-state index contributed by atoms with van der Waals surface area (Å²) >= 11 is 0. The normalized spacial score (nSPS) is 15.4. The maximum absolute atomic E-state index is 13.2. The van der Waals surface area contributed by atoms with E-state index in [1.807, 2.05) is 35.8 Å². The molecule has 3 aromatic heterocycles. The highest BCUT2D eigenvalue weighted by molar-refractivity contribution is 6.76. The average Bonchev–Trinajstić information content (AvgIpc) is 3.50. The van der Waals surface area contributed by atoms with Crippen LogP contribution in [0.25, 0.3) is 33.3 Å². The number of ether oxygens (including phenoxy) is 2. The molecule has 0 amide bonds. The highest BCUT2D eigenvalue weighted by atomic mass is 28.3. The van der Waals surface area contributed by atoms with Crippen molar-refractivity contribution in [2.24, 2.45) is 5.92 Å². The summed E-state index contributed by atoms with van der Waals surface area (Å²) in [5.74, 6) is -0.671. The Morgan fingerprint density at radius 1 is 1.07 bits per heavy atom. The fourth-order valence-corrected chi connectivity index (χ4v) is 5.95. The average molecular weight is 592 g/mol. The Kier molecular flexibility index (Phi) is 7.22. The molecule has 1 saturated carbocycles. The van der Waals surface area contributed by atoms with E-state index in [4.69, 9.17) is 20.2 Å². The second-order valence-electron chi connectivity index (χ2n) is 12.4. The second kappa shape index (κ2) is 10.7. The number of halogens is 2. The molecule has 0 saturated heterocycles. The van der Waals surface area contributed by atoms with Crippen molar-refractivity contribution in [2.75, 3.05) is 12.3 Å². The van der Waals surface area contributed by atoms with Gasteiger partial charge < -0.3 is 19.8 Å².